The first kappa shape index (κ1) is 28.1. The monoisotopic (exact) mass is 546 g/mol. The summed E-state index contributed by atoms with van der Waals surface area (Å²) in [5, 5.41) is 16.3. The van der Waals surface area contributed by atoms with Crippen LogP contribution in [0.25, 0.3) is 0 Å². The summed E-state index contributed by atoms with van der Waals surface area (Å²) in [6.45, 7) is 14.9. The van der Waals surface area contributed by atoms with Crippen molar-refractivity contribution in [1.82, 2.24) is 15.5 Å². The number of nitrogens with one attached hydrogen (secondary N) is 2. The molecule has 178 valence electrons. The lowest BCUT2D eigenvalue weighted by atomic mass is 9.79. The lowest BCUT2D eigenvalue weighted by Gasteiger charge is -2.32. The predicted octanol–water partition coefficient (Wildman–Crippen LogP) is 3.77. The molecule has 1 unspecified atom stereocenters. The topological polar surface area (TPSA) is 69.1 Å². The van der Waals surface area contributed by atoms with Gasteiger partial charge in [0.1, 0.15) is 0 Å². The third-order valence-corrected chi connectivity index (χ3v) is 6.26. The summed E-state index contributed by atoms with van der Waals surface area (Å²) in [6, 6.07) is 8.74. The van der Waals surface area contributed by atoms with Crippen LogP contribution in [0.15, 0.2) is 29.3 Å². The Balaban J connectivity index is 0.00000480. The average molecular weight is 547 g/mol. The van der Waals surface area contributed by atoms with Crippen molar-refractivity contribution >= 4 is 29.9 Å². The van der Waals surface area contributed by atoms with Crippen LogP contribution in [0.3, 0.4) is 0 Å². The molecule has 1 aromatic rings. The first-order chi connectivity index (χ1) is 14.5. The van der Waals surface area contributed by atoms with Gasteiger partial charge in [0.2, 0.25) is 0 Å². The number of guanidine groups is 1. The van der Waals surface area contributed by atoms with E-state index in [1.807, 2.05) is 0 Å². The smallest absolute Gasteiger partial charge is 0.191 e. The molecule has 6 nitrogen and oxygen atoms in total. The Morgan fingerprint density at radius 1 is 1.23 bits per heavy atom. The van der Waals surface area contributed by atoms with Crippen LogP contribution in [0.1, 0.15) is 58.1 Å². The van der Waals surface area contributed by atoms with Gasteiger partial charge >= 0.3 is 0 Å². The second kappa shape index (κ2) is 15.0. The Labute approximate surface area is 206 Å². The molecule has 0 aromatic heterocycles. The van der Waals surface area contributed by atoms with Gasteiger partial charge in [-0.15, -0.1) is 24.0 Å². The van der Waals surface area contributed by atoms with E-state index < -0.39 is 0 Å². The van der Waals surface area contributed by atoms with Crippen LogP contribution in [-0.4, -0.2) is 61.5 Å². The van der Waals surface area contributed by atoms with Crippen molar-refractivity contribution in [1.29, 1.82) is 0 Å². The fraction of sp³-hybridized carbons (Fsp3) is 0.708. The van der Waals surface area contributed by atoms with E-state index in [1.54, 1.807) is 0 Å². The maximum atomic E-state index is 9.46. The van der Waals surface area contributed by atoms with Gasteiger partial charge in [-0.1, -0.05) is 38.1 Å². The van der Waals surface area contributed by atoms with Crippen molar-refractivity contribution in [2.45, 2.75) is 66.2 Å². The molecule has 1 saturated heterocycles. The molecule has 0 radical (unpaired) electrons. The number of aliphatic imine (C=N–C) groups is 1. The predicted molar refractivity (Wildman–Crippen MR) is 140 cm³/mol. The van der Waals surface area contributed by atoms with Crippen LogP contribution < -0.4 is 10.6 Å². The van der Waals surface area contributed by atoms with Crippen molar-refractivity contribution in [3.8, 4) is 0 Å². The molecule has 0 spiro atoms. The first-order valence-electron chi connectivity index (χ1n) is 11.6. The lowest BCUT2D eigenvalue weighted by molar-refractivity contribution is -0.0212. The Hall–Kier alpha value is -0.900. The van der Waals surface area contributed by atoms with E-state index in [1.165, 1.54) is 11.1 Å². The fourth-order valence-corrected chi connectivity index (χ4v) is 4.08. The molecule has 0 bridgehead atoms. The van der Waals surface area contributed by atoms with Gasteiger partial charge in [0.15, 0.2) is 5.96 Å². The molecule has 1 heterocycles. The summed E-state index contributed by atoms with van der Waals surface area (Å²) in [6.07, 6.45) is 3.20. The molecule has 1 aliphatic heterocycles. The molecular weight excluding hydrogens is 503 g/mol. The zero-order chi connectivity index (χ0) is 21.8. The van der Waals surface area contributed by atoms with Gasteiger partial charge in [0.05, 0.1) is 19.3 Å². The van der Waals surface area contributed by atoms with Crippen LogP contribution in [0, 0.1) is 5.41 Å². The van der Waals surface area contributed by atoms with Crippen molar-refractivity contribution < 1.29 is 9.84 Å². The minimum absolute atomic E-state index is 0. The van der Waals surface area contributed by atoms with Gasteiger partial charge in [-0.2, -0.15) is 0 Å². The summed E-state index contributed by atoms with van der Waals surface area (Å²) in [4.78, 5) is 7.27. The van der Waals surface area contributed by atoms with Gasteiger partial charge in [-0.3, -0.25) is 4.90 Å². The highest BCUT2D eigenvalue weighted by Gasteiger charge is 2.25. The normalized spacial score (nSPS) is 17.8. The van der Waals surface area contributed by atoms with Crippen LogP contribution >= 0.6 is 24.0 Å². The average Bonchev–Trinajstić information content (AvgIpc) is 2.75. The number of rotatable bonds is 11. The number of aliphatic hydroxyl groups excluding tert-OH is 1. The molecule has 0 amide bonds. The largest absolute Gasteiger partial charge is 0.396 e. The van der Waals surface area contributed by atoms with Crippen LogP contribution in [-0.2, 0) is 17.8 Å². The van der Waals surface area contributed by atoms with Gasteiger partial charge in [0.25, 0.3) is 0 Å². The van der Waals surface area contributed by atoms with E-state index in [0.717, 1.165) is 64.6 Å². The molecule has 1 aromatic carbocycles. The number of nitrogens with zero attached hydrogens (tertiary/aromatic N) is 2. The van der Waals surface area contributed by atoms with Gasteiger partial charge < -0.3 is 20.5 Å². The zero-order valence-electron chi connectivity index (χ0n) is 19.8. The highest BCUT2D eigenvalue weighted by Crippen LogP contribution is 2.29. The van der Waals surface area contributed by atoms with Crippen molar-refractivity contribution in [3.05, 3.63) is 35.4 Å². The zero-order valence-corrected chi connectivity index (χ0v) is 22.2. The van der Waals surface area contributed by atoms with Crippen LogP contribution in [0.2, 0.25) is 0 Å². The maximum Gasteiger partial charge on any atom is 0.191 e. The number of ether oxygens (including phenoxy) is 1. The number of morpholine rings is 1. The Morgan fingerprint density at radius 3 is 2.61 bits per heavy atom. The van der Waals surface area contributed by atoms with Crippen molar-refractivity contribution in [3.63, 3.8) is 0 Å². The Bertz CT molecular complexity index is 652. The SMILES string of the molecule is CCNC(=NCc1cccc(CN2CCOC(C)C2)c1)NCC(CC)(CC)CCO.I. The third kappa shape index (κ3) is 9.63. The fourth-order valence-electron chi connectivity index (χ4n) is 4.08. The highest BCUT2D eigenvalue weighted by molar-refractivity contribution is 14.0. The summed E-state index contributed by atoms with van der Waals surface area (Å²) < 4.78 is 5.65. The molecule has 31 heavy (non-hydrogen) atoms. The highest BCUT2D eigenvalue weighted by atomic mass is 127. The quantitative estimate of drug-likeness (QED) is 0.224. The second-order valence-electron chi connectivity index (χ2n) is 8.47. The first-order valence-corrected chi connectivity index (χ1v) is 11.6. The van der Waals surface area contributed by atoms with Gasteiger partial charge in [-0.25, -0.2) is 4.99 Å². The van der Waals surface area contributed by atoms with Gasteiger partial charge in [-0.05, 0) is 49.7 Å². The van der Waals surface area contributed by atoms with Crippen molar-refractivity contribution in [2.75, 3.05) is 39.4 Å². The molecule has 3 N–H and O–H groups in total. The number of hydrogen-bond donors (Lipinski definition) is 3. The van der Waals surface area contributed by atoms with Gasteiger partial charge in [0, 0.05) is 39.3 Å². The molecule has 0 aliphatic carbocycles. The summed E-state index contributed by atoms with van der Waals surface area (Å²) in [5.74, 6) is 0.842. The minimum Gasteiger partial charge on any atom is -0.396 e. The Kier molecular flexibility index (Phi) is 13.6. The number of hydrogen-bond acceptors (Lipinski definition) is 4. The molecule has 1 aliphatic rings. The summed E-state index contributed by atoms with van der Waals surface area (Å²) in [7, 11) is 0. The van der Waals surface area contributed by atoms with E-state index in [4.69, 9.17) is 9.73 Å². The number of halogens is 1. The van der Waals surface area contributed by atoms with Crippen LogP contribution in [0.5, 0.6) is 0 Å². The standard InChI is InChI=1S/C24H42N4O2.HI/c1-5-24(6-2,11-13-29)19-27-23(25-7-3)26-16-21-9-8-10-22(15-21)18-28-12-14-30-20(4)17-28;/h8-10,15,20,29H,5-7,11-14,16-19H2,1-4H3,(H2,25,26,27);1H. The van der Waals surface area contributed by atoms with E-state index in [2.05, 4.69) is 67.5 Å². The van der Waals surface area contributed by atoms with E-state index >= 15 is 0 Å². The van der Waals surface area contributed by atoms with Crippen LogP contribution in [0.4, 0.5) is 0 Å². The molecule has 0 saturated carbocycles. The maximum absolute atomic E-state index is 9.46. The molecule has 1 atom stereocenters. The number of benzene rings is 1. The molecule has 7 heteroatoms. The van der Waals surface area contributed by atoms with E-state index in [9.17, 15) is 5.11 Å². The second-order valence-corrected chi connectivity index (χ2v) is 8.47. The lowest BCUT2D eigenvalue weighted by Crippen LogP contribution is -2.43. The summed E-state index contributed by atoms with van der Waals surface area (Å²) in [5.41, 5.74) is 2.66. The Morgan fingerprint density at radius 2 is 1.97 bits per heavy atom. The molecule has 1 fully saturated rings. The van der Waals surface area contributed by atoms with Crippen molar-refractivity contribution in [2.24, 2.45) is 10.4 Å². The van der Waals surface area contributed by atoms with E-state index in [-0.39, 0.29) is 36.0 Å². The third-order valence-electron chi connectivity index (χ3n) is 6.26. The van der Waals surface area contributed by atoms with E-state index in [0.29, 0.717) is 12.6 Å². The molecule has 2 rings (SSSR count). The summed E-state index contributed by atoms with van der Waals surface area (Å²) >= 11 is 0. The number of aliphatic hydroxyl groups is 1. The molecular formula is C24H43IN4O2. The minimum atomic E-state index is 0.